The van der Waals surface area contributed by atoms with Crippen LogP contribution >= 0.6 is 0 Å². The molecule has 4 fully saturated rings. The van der Waals surface area contributed by atoms with E-state index in [1.807, 2.05) is 0 Å². The summed E-state index contributed by atoms with van der Waals surface area (Å²) in [5.74, 6) is -2.42. The number of aromatic hydroxyl groups is 3. The van der Waals surface area contributed by atoms with Crippen LogP contribution < -0.4 is 10.2 Å². The van der Waals surface area contributed by atoms with Crippen LogP contribution in [0, 0.1) is 0 Å². The van der Waals surface area contributed by atoms with Crippen LogP contribution in [0.3, 0.4) is 0 Å². The van der Waals surface area contributed by atoms with Crippen molar-refractivity contribution in [1.82, 2.24) is 0 Å². The van der Waals surface area contributed by atoms with Crippen LogP contribution in [0.1, 0.15) is 13.8 Å². The van der Waals surface area contributed by atoms with E-state index in [4.69, 9.17) is 42.3 Å². The third-order valence-corrected chi connectivity index (χ3v) is 11.0. The molecule has 23 heteroatoms. The summed E-state index contributed by atoms with van der Waals surface area (Å²) in [6, 6.07) is 7.06. The van der Waals surface area contributed by atoms with Crippen molar-refractivity contribution in [2.75, 3.05) is 13.2 Å². The summed E-state index contributed by atoms with van der Waals surface area (Å²) < 4.78 is 51.8. The topological polar surface area (TPSA) is 367 Å². The van der Waals surface area contributed by atoms with Crippen LogP contribution in [-0.4, -0.2) is 196 Å². The minimum atomic E-state index is -2.07. The molecule has 4 aliphatic heterocycles. The first-order valence-corrected chi connectivity index (χ1v) is 19.2. The fraction of sp³-hybridized carbons (Fsp3) is 0.605. The van der Waals surface area contributed by atoms with Crippen molar-refractivity contribution < 1.29 is 109 Å². The summed E-state index contributed by atoms with van der Waals surface area (Å²) in [6.07, 6.45) is -32.2. The summed E-state index contributed by atoms with van der Waals surface area (Å²) in [5, 5.41) is 137. The van der Waals surface area contributed by atoms with Gasteiger partial charge in [-0.05, 0) is 38.1 Å². The quantitative estimate of drug-likeness (QED) is 0.0921. The summed E-state index contributed by atoms with van der Waals surface area (Å²) >= 11 is 0. The number of aliphatic hydroxyl groups is 10. The molecule has 1 aromatic heterocycles. The molecule has 3 aromatic rings. The van der Waals surface area contributed by atoms with Crippen molar-refractivity contribution in [3.05, 3.63) is 46.6 Å². The standard InChI is InChI=1S/C38H48O23/c1-11-21(43)26(48)29(51)37(56-11)61-34-27(49)24(46)19(10-54-36-30(52)32(22(44)12(2)55-36)59-35-28(50)23(45)17(42)9-53-35)58-38(34)60-33-25(47)20-16(41)7-15(40)8-18(20)57-31(33)13-3-5-14(39)6-4-13/h3-8,11-12,17,19,21-24,26-30,32,34-46,48-52H,9-10H2,1-2H3/t11-,12-,17+,19-,21-,22-,23+,24-,26+,27-,28+,29-,30-,32+,34+,35+,36+,37-,38-/m0/s1. The lowest BCUT2D eigenvalue weighted by Gasteiger charge is -2.46. The molecular weight excluding hydrogens is 824 g/mol. The highest BCUT2D eigenvalue weighted by Gasteiger charge is 2.53. The summed E-state index contributed by atoms with van der Waals surface area (Å²) in [7, 11) is 0. The minimum Gasteiger partial charge on any atom is -0.508 e. The zero-order valence-corrected chi connectivity index (χ0v) is 32.2. The third-order valence-electron chi connectivity index (χ3n) is 11.0. The first-order valence-electron chi connectivity index (χ1n) is 19.2. The third kappa shape index (κ3) is 8.89. The summed E-state index contributed by atoms with van der Waals surface area (Å²) in [4.78, 5) is 14.2. The van der Waals surface area contributed by atoms with Gasteiger partial charge in [-0.1, -0.05) is 0 Å². The van der Waals surface area contributed by atoms with Gasteiger partial charge in [-0.3, -0.25) is 4.79 Å². The number of benzene rings is 2. The Bertz CT molecular complexity index is 2030. The molecule has 0 spiro atoms. The van der Waals surface area contributed by atoms with Gasteiger partial charge in [0.2, 0.25) is 17.5 Å². The fourth-order valence-electron chi connectivity index (χ4n) is 7.40. The van der Waals surface area contributed by atoms with Gasteiger partial charge in [-0.25, -0.2) is 0 Å². The number of rotatable bonds is 10. The van der Waals surface area contributed by atoms with Crippen LogP contribution in [0.4, 0.5) is 0 Å². The number of hydrogen-bond donors (Lipinski definition) is 13. The Labute approximate surface area is 344 Å². The zero-order valence-electron chi connectivity index (χ0n) is 32.2. The molecule has 13 N–H and O–H groups in total. The predicted molar refractivity (Wildman–Crippen MR) is 196 cm³/mol. The van der Waals surface area contributed by atoms with E-state index in [1.165, 1.54) is 38.1 Å². The molecule has 0 aliphatic carbocycles. The first kappa shape index (κ1) is 45.2. The molecular formula is C38H48O23. The van der Waals surface area contributed by atoms with Gasteiger partial charge in [0.25, 0.3) is 0 Å². The Hall–Kier alpha value is -3.83. The van der Waals surface area contributed by atoms with Gasteiger partial charge < -0.3 is 109 Å². The molecule has 2 aromatic carbocycles. The summed E-state index contributed by atoms with van der Waals surface area (Å²) in [5.41, 5.74) is -1.25. The van der Waals surface area contributed by atoms with E-state index < -0.39 is 158 Å². The van der Waals surface area contributed by atoms with E-state index in [-0.39, 0.29) is 22.7 Å². The van der Waals surface area contributed by atoms with Crippen molar-refractivity contribution in [3.8, 4) is 34.3 Å². The molecule has 4 saturated heterocycles. The second-order valence-corrected chi connectivity index (χ2v) is 15.3. The fourth-order valence-corrected chi connectivity index (χ4v) is 7.40. The number of hydrogen-bond acceptors (Lipinski definition) is 23. The smallest absolute Gasteiger partial charge is 0.239 e. The van der Waals surface area contributed by atoms with E-state index in [2.05, 4.69) is 0 Å². The maximum absolute atomic E-state index is 14.2. The average Bonchev–Trinajstić information content (AvgIpc) is 3.22. The van der Waals surface area contributed by atoms with E-state index >= 15 is 0 Å². The van der Waals surface area contributed by atoms with Gasteiger partial charge in [0.05, 0.1) is 25.4 Å². The van der Waals surface area contributed by atoms with Crippen LogP contribution in [0.25, 0.3) is 22.3 Å². The number of ether oxygens (including phenoxy) is 8. The molecule has 0 radical (unpaired) electrons. The highest BCUT2D eigenvalue weighted by atomic mass is 16.8. The number of phenolic OH excluding ortho intramolecular Hbond substituents is 3. The molecule has 0 unspecified atom stereocenters. The largest absolute Gasteiger partial charge is 0.508 e. The predicted octanol–water partition coefficient (Wildman–Crippen LogP) is -4.08. The van der Waals surface area contributed by atoms with E-state index in [1.54, 1.807) is 0 Å². The molecule has 0 amide bonds. The molecule has 7 rings (SSSR count). The monoisotopic (exact) mass is 872 g/mol. The van der Waals surface area contributed by atoms with E-state index in [9.17, 15) is 71.2 Å². The van der Waals surface area contributed by atoms with Crippen LogP contribution in [-0.2, 0) is 33.2 Å². The molecule has 0 bridgehead atoms. The average molecular weight is 873 g/mol. The molecule has 19 atom stereocenters. The Morgan fingerprint density at radius 1 is 0.623 bits per heavy atom. The Kier molecular flexibility index (Phi) is 13.4. The van der Waals surface area contributed by atoms with E-state index in [0.717, 1.165) is 12.1 Å². The van der Waals surface area contributed by atoms with Crippen LogP contribution in [0.15, 0.2) is 45.6 Å². The van der Waals surface area contributed by atoms with E-state index in [0.29, 0.717) is 0 Å². The molecule has 61 heavy (non-hydrogen) atoms. The van der Waals surface area contributed by atoms with Gasteiger partial charge in [0.1, 0.15) is 101 Å². The van der Waals surface area contributed by atoms with Crippen molar-refractivity contribution in [2.24, 2.45) is 0 Å². The number of fused-ring (bicyclic) bond motifs is 1. The first-order chi connectivity index (χ1) is 28.9. The molecule has 5 heterocycles. The molecule has 23 nitrogen and oxygen atoms in total. The van der Waals surface area contributed by atoms with Gasteiger partial charge in [-0.15, -0.1) is 0 Å². The van der Waals surface area contributed by atoms with Gasteiger partial charge >= 0.3 is 0 Å². The maximum atomic E-state index is 14.2. The van der Waals surface area contributed by atoms with Crippen molar-refractivity contribution in [1.29, 1.82) is 0 Å². The SMILES string of the molecule is C[C@@H]1O[C@@H](O[C@H]2[C@H](Oc3c(-c4ccc(O)cc4)oc4cc(O)cc(O)c4c3=O)O[C@@H](CO[C@@H]3O[C@@H](C)[C@H](O)[C@@H](O[C@H]4OC[C@@H](O)[C@@H](O)[C@H]4O)[C@@H]3O)[C@H](O)[C@@H]2O)[C@@H](O)[C@H](O)[C@H]1O. The lowest BCUT2D eigenvalue weighted by atomic mass is 9.97. The van der Waals surface area contributed by atoms with Crippen LogP contribution in [0.2, 0.25) is 0 Å². The number of phenols is 3. The normalized spacial score (nSPS) is 40.8. The van der Waals surface area contributed by atoms with Crippen molar-refractivity contribution in [2.45, 2.75) is 131 Å². The molecule has 338 valence electrons. The summed E-state index contributed by atoms with van der Waals surface area (Å²) in [6.45, 7) is 1.54. The van der Waals surface area contributed by atoms with Gasteiger partial charge in [0, 0.05) is 17.7 Å². The Morgan fingerprint density at radius 2 is 1.26 bits per heavy atom. The number of aliphatic hydroxyl groups excluding tert-OH is 10. The van der Waals surface area contributed by atoms with Crippen LogP contribution in [0.5, 0.6) is 23.0 Å². The molecule has 4 aliphatic rings. The minimum absolute atomic E-state index is 0.105. The lowest BCUT2D eigenvalue weighted by molar-refractivity contribution is -0.365. The maximum Gasteiger partial charge on any atom is 0.239 e. The van der Waals surface area contributed by atoms with Crippen molar-refractivity contribution >= 4 is 11.0 Å². The highest BCUT2D eigenvalue weighted by Crippen LogP contribution is 2.39. The van der Waals surface area contributed by atoms with Gasteiger partial charge in [0.15, 0.2) is 30.7 Å². The second-order valence-electron chi connectivity index (χ2n) is 15.3. The Balaban J connectivity index is 1.20. The molecule has 0 saturated carbocycles. The van der Waals surface area contributed by atoms with Gasteiger partial charge in [-0.2, -0.15) is 0 Å². The highest BCUT2D eigenvalue weighted by molar-refractivity contribution is 5.88. The Morgan fingerprint density at radius 3 is 1.97 bits per heavy atom. The van der Waals surface area contributed by atoms with Crippen molar-refractivity contribution in [3.63, 3.8) is 0 Å². The second kappa shape index (κ2) is 18.1. The lowest BCUT2D eigenvalue weighted by Crippen LogP contribution is -2.65. The zero-order chi connectivity index (χ0) is 44.2.